The summed E-state index contributed by atoms with van der Waals surface area (Å²) in [5.74, 6) is 0. The van der Waals surface area contributed by atoms with Crippen molar-refractivity contribution >= 4 is 49.7 Å². The number of aliphatic hydroxyl groups excluding tert-OH is 1. The van der Waals surface area contributed by atoms with Crippen molar-refractivity contribution in [3.63, 3.8) is 0 Å². The molecule has 0 spiro atoms. The van der Waals surface area contributed by atoms with Gasteiger partial charge in [-0.3, -0.25) is 0 Å². The zero-order valence-electron chi connectivity index (χ0n) is 17.1. The Morgan fingerprint density at radius 2 is 1.97 bits per heavy atom. The average molecular weight is 467 g/mol. The predicted molar refractivity (Wildman–Crippen MR) is 127 cm³/mol. The minimum absolute atomic E-state index is 0.140. The van der Waals surface area contributed by atoms with Crippen molar-refractivity contribution in [2.24, 2.45) is 5.14 Å². The summed E-state index contributed by atoms with van der Waals surface area (Å²) >= 11 is 1.35. The highest BCUT2D eigenvalue weighted by molar-refractivity contribution is 7.86. The highest BCUT2D eigenvalue weighted by atomic mass is 32.2. The van der Waals surface area contributed by atoms with E-state index < -0.39 is 22.0 Å². The summed E-state index contributed by atoms with van der Waals surface area (Å²) in [6.45, 7) is 5.59. The smallest absolute Gasteiger partial charge is 0.188 e. The van der Waals surface area contributed by atoms with Crippen LogP contribution in [-0.2, 0) is 28.6 Å². The van der Waals surface area contributed by atoms with Gasteiger partial charge in [-0.05, 0) is 56.4 Å². The summed E-state index contributed by atoms with van der Waals surface area (Å²) in [4.78, 5) is 6.49. The number of aliphatic hydroxyl groups is 1. The first kappa shape index (κ1) is 24.3. The molecule has 2 rings (SSSR count). The summed E-state index contributed by atoms with van der Waals surface area (Å²) in [7, 11) is 0.647. The average Bonchev–Trinajstić information content (AvgIpc) is 3.13. The Bertz CT molecular complexity index is 995. The van der Waals surface area contributed by atoms with Gasteiger partial charge in [0, 0.05) is 5.69 Å². The predicted octanol–water partition coefficient (Wildman–Crippen LogP) is 3.45. The SMILES string of the molecule is C=C/C(=C\C=C(/CC)c1nc(Nc2ccc(S(N)=O)cc2)sc1CO)S(=O)N(C)C. The second-order valence-corrected chi connectivity index (χ2v) is 10.1. The van der Waals surface area contributed by atoms with E-state index in [4.69, 9.17) is 5.14 Å². The molecule has 0 aliphatic rings. The molecule has 10 heteroatoms. The van der Waals surface area contributed by atoms with Gasteiger partial charge in [-0.15, -0.1) is 0 Å². The van der Waals surface area contributed by atoms with Crippen LogP contribution in [0.25, 0.3) is 5.57 Å². The van der Waals surface area contributed by atoms with E-state index in [2.05, 4.69) is 16.9 Å². The third-order valence-corrected chi connectivity index (χ3v) is 7.11. The third-order valence-electron chi connectivity index (χ3n) is 4.05. The van der Waals surface area contributed by atoms with E-state index in [1.165, 1.54) is 11.3 Å². The van der Waals surface area contributed by atoms with Crippen LogP contribution in [0.2, 0.25) is 0 Å². The van der Waals surface area contributed by atoms with Crippen molar-refractivity contribution in [1.29, 1.82) is 0 Å². The number of hydrogen-bond acceptors (Lipinski definition) is 6. The molecular weight excluding hydrogens is 440 g/mol. The highest BCUT2D eigenvalue weighted by Crippen LogP contribution is 2.32. The maximum atomic E-state index is 12.3. The van der Waals surface area contributed by atoms with Crippen LogP contribution in [0.3, 0.4) is 0 Å². The second-order valence-electron chi connectivity index (χ2n) is 6.28. The van der Waals surface area contributed by atoms with E-state index in [9.17, 15) is 13.5 Å². The molecule has 30 heavy (non-hydrogen) atoms. The van der Waals surface area contributed by atoms with E-state index in [-0.39, 0.29) is 6.61 Å². The molecule has 0 fully saturated rings. The number of hydrogen-bond donors (Lipinski definition) is 3. The van der Waals surface area contributed by atoms with Crippen LogP contribution in [0.1, 0.15) is 23.9 Å². The number of nitrogens with two attached hydrogens (primary N) is 1. The first-order valence-corrected chi connectivity index (χ1v) is 12.2. The highest BCUT2D eigenvalue weighted by Gasteiger charge is 2.14. The van der Waals surface area contributed by atoms with Crippen LogP contribution < -0.4 is 10.5 Å². The van der Waals surface area contributed by atoms with Crippen LogP contribution in [0.15, 0.2) is 58.9 Å². The Hall–Kier alpha value is -1.95. The fraction of sp³-hybridized carbons (Fsp3) is 0.250. The topological polar surface area (TPSA) is 109 Å². The van der Waals surface area contributed by atoms with Crippen molar-refractivity contribution in [3.05, 3.63) is 64.5 Å². The number of anilines is 2. The molecule has 2 unspecified atom stereocenters. The molecule has 162 valence electrons. The van der Waals surface area contributed by atoms with Crippen LogP contribution in [-0.4, -0.2) is 36.9 Å². The fourth-order valence-electron chi connectivity index (χ4n) is 2.51. The lowest BCUT2D eigenvalue weighted by Crippen LogP contribution is -2.15. The van der Waals surface area contributed by atoms with Gasteiger partial charge in [0.05, 0.1) is 27.0 Å². The van der Waals surface area contributed by atoms with Crippen LogP contribution in [0.4, 0.5) is 10.8 Å². The van der Waals surface area contributed by atoms with Gasteiger partial charge in [0.1, 0.15) is 22.0 Å². The van der Waals surface area contributed by atoms with Gasteiger partial charge in [-0.1, -0.05) is 37.0 Å². The number of allylic oxidation sites excluding steroid dienone is 4. The molecule has 1 heterocycles. The van der Waals surface area contributed by atoms with Crippen LogP contribution in [0, 0.1) is 0 Å². The van der Waals surface area contributed by atoms with E-state index in [0.29, 0.717) is 27.0 Å². The molecule has 7 nitrogen and oxygen atoms in total. The molecule has 0 aliphatic heterocycles. The number of nitrogens with one attached hydrogen (secondary N) is 1. The molecule has 2 atom stereocenters. The minimum Gasteiger partial charge on any atom is -0.391 e. The lowest BCUT2D eigenvalue weighted by Gasteiger charge is -2.09. The molecule has 1 aromatic heterocycles. The standard InChI is InChI=1S/C20H26N4O3S3/c1-5-14(7-10-16(6-2)30(27)24(3)4)19-18(13-25)28-20(23-19)22-15-8-11-17(12-9-15)29(21)26/h6-12,25H,2,5,13,21H2,1,3-4H3,(H,22,23)/b14-7+,16-10+. The molecule has 0 amide bonds. The summed E-state index contributed by atoms with van der Waals surface area (Å²) in [6, 6.07) is 6.91. The zero-order valence-corrected chi connectivity index (χ0v) is 19.6. The Morgan fingerprint density at radius 1 is 1.30 bits per heavy atom. The Kier molecular flexibility index (Phi) is 9.28. The Labute approximate surface area is 186 Å². The molecule has 4 N–H and O–H groups in total. The maximum Gasteiger partial charge on any atom is 0.188 e. The fourth-order valence-corrected chi connectivity index (χ4v) is 4.54. The largest absolute Gasteiger partial charge is 0.391 e. The first-order valence-electron chi connectivity index (χ1n) is 9.07. The number of rotatable bonds is 10. The van der Waals surface area contributed by atoms with E-state index >= 15 is 0 Å². The van der Waals surface area contributed by atoms with Crippen molar-refractivity contribution in [3.8, 4) is 0 Å². The van der Waals surface area contributed by atoms with Gasteiger partial charge in [0.25, 0.3) is 0 Å². The van der Waals surface area contributed by atoms with Crippen LogP contribution in [0.5, 0.6) is 0 Å². The van der Waals surface area contributed by atoms with E-state index in [0.717, 1.165) is 16.1 Å². The van der Waals surface area contributed by atoms with Crippen LogP contribution >= 0.6 is 11.3 Å². The van der Waals surface area contributed by atoms with E-state index in [1.807, 2.05) is 13.0 Å². The molecule has 0 bridgehead atoms. The van der Waals surface area contributed by atoms with Crippen molar-refractivity contribution < 1.29 is 13.5 Å². The molecule has 0 saturated heterocycles. The Balaban J connectivity index is 2.33. The molecule has 2 aromatic rings. The number of thiazole rings is 1. The number of nitrogens with zero attached hydrogens (tertiary/aromatic N) is 2. The lowest BCUT2D eigenvalue weighted by molar-refractivity contribution is 0.285. The van der Waals surface area contributed by atoms with Gasteiger partial charge in [0.2, 0.25) is 0 Å². The van der Waals surface area contributed by atoms with Gasteiger partial charge in [0.15, 0.2) is 5.13 Å². The summed E-state index contributed by atoms with van der Waals surface area (Å²) in [6.07, 6.45) is 5.88. The number of aromatic nitrogens is 1. The molecular formula is C20H26N4O3S3. The molecule has 1 aromatic carbocycles. The second kappa shape index (κ2) is 11.4. The summed E-state index contributed by atoms with van der Waals surface area (Å²) < 4.78 is 25.2. The molecule has 0 aliphatic carbocycles. The van der Waals surface area contributed by atoms with Crippen molar-refractivity contribution in [2.75, 3.05) is 19.4 Å². The quantitative estimate of drug-likeness (QED) is 0.465. The van der Waals surface area contributed by atoms with Gasteiger partial charge < -0.3 is 10.4 Å². The lowest BCUT2D eigenvalue weighted by atomic mass is 10.1. The first-order chi connectivity index (χ1) is 14.3. The van der Waals surface area contributed by atoms with Crippen molar-refractivity contribution in [2.45, 2.75) is 24.8 Å². The van der Waals surface area contributed by atoms with Crippen molar-refractivity contribution in [1.82, 2.24) is 9.29 Å². The summed E-state index contributed by atoms with van der Waals surface area (Å²) in [5.41, 5.74) is 2.38. The number of benzene rings is 1. The monoisotopic (exact) mass is 466 g/mol. The van der Waals surface area contributed by atoms with Gasteiger partial charge in [-0.2, -0.15) is 0 Å². The van der Waals surface area contributed by atoms with Gasteiger partial charge in [-0.25, -0.2) is 22.8 Å². The summed E-state index contributed by atoms with van der Waals surface area (Å²) in [5, 5.41) is 19.0. The molecule has 0 saturated carbocycles. The van der Waals surface area contributed by atoms with Gasteiger partial charge >= 0.3 is 0 Å². The maximum absolute atomic E-state index is 12.3. The Morgan fingerprint density at radius 3 is 2.47 bits per heavy atom. The van der Waals surface area contributed by atoms with E-state index in [1.54, 1.807) is 54.8 Å². The zero-order chi connectivity index (χ0) is 22.3. The third kappa shape index (κ3) is 6.27. The minimum atomic E-state index is -1.52. The normalized spacial score (nSPS) is 14.6. The molecule has 0 radical (unpaired) electrons.